The number of halogens is 15. The Morgan fingerprint density at radius 3 is 1.04 bits per heavy atom. The first kappa shape index (κ1) is 77.3. The second kappa shape index (κ2) is 31.0. The van der Waals surface area contributed by atoms with Crippen LogP contribution >= 0.6 is 24.4 Å². The molecule has 0 bridgehead atoms. The van der Waals surface area contributed by atoms with Crippen molar-refractivity contribution in [2.75, 3.05) is 65.1 Å². The summed E-state index contributed by atoms with van der Waals surface area (Å²) in [4.78, 5) is 59.0. The fourth-order valence-corrected chi connectivity index (χ4v) is 10.7. The summed E-state index contributed by atoms with van der Waals surface area (Å²) in [6, 6.07) is 14.3. The topological polar surface area (TPSA) is 141 Å². The van der Waals surface area contributed by atoms with Gasteiger partial charge in [0, 0.05) is 35.3 Å². The lowest BCUT2D eigenvalue weighted by atomic mass is 9.84. The van der Waals surface area contributed by atoms with Gasteiger partial charge in [-0.05, 0) is 133 Å². The molecule has 13 nitrogen and oxygen atoms in total. The van der Waals surface area contributed by atoms with E-state index in [1.807, 2.05) is 0 Å². The molecule has 94 heavy (non-hydrogen) atoms. The summed E-state index contributed by atoms with van der Waals surface area (Å²) in [5, 5.41) is 9.02. The molecule has 2 aliphatic rings. The van der Waals surface area contributed by atoms with E-state index in [9.17, 15) is 80.6 Å². The summed E-state index contributed by atoms with van der Waals surface area (Å²) >= 11 is 10.7. The van der Waals surface area contributed by atoms with Gasteiger partial charge in [0.15, 0.2) is 10.2 Å². The Morgan fingerprint density at radius 1 is 0.500 bits per heavy atom. The Labute approximate surface area is 551 Å². The molecule has 0 radical (unpaired) electrons. The number of carbonyl (C=O) groups is 4. The number of anilines is 2. The molecule has 4 atom stereocenters. The van der Waals surface area contributed by atoms with Crippen molar-refractivity contribution in [1.29, 1.82) is 0 Å². The number of rotatable bonds is 18. The lowest BCUT2D eigenvalue weighted by Crippen LogP contribution is -3.00. The van der Waals surface area contributed by atoms with Gasteiger partial charge in [-0.15, -0.1) is 0 Å². The van der Waals surface area contributed by atoms with Gasteiger partial charge in [0.1, 0.15) is 23.7 Å². The van der Waals surface area contributed by atoms with Crippen molar-refractivity contribution in [3.05, 3.63) is 165 Å². The summed E-state index contributed by atoms with van der Waals surface area (Å²) in [6.07, 6.45) is -19.6. The van der Waals surface area contributed by atoms with Gasteiger partial charge in [0.2, 0.25) is 11.8 Å². The molecule has 2 amide bonds. The largest absolute Gasteiger partial charge is 1.00 e. The molecule has 30 heteroatoms. The number of alkyl halides is 12. The molecule has 0 saturated carbocycles. The minimum atomic E-state index is -5.18. The maximum Gasteiger partial charge on any atom is 0.416 e. The molecule has 5 aromatic carbocycles. The number of amides is 2. The SMILES string of the molecule is CC(C)(COC(=O)Cc1ccc(CC(=O)OCC(C)(C)[C@H](NC(=S)Nc2cc(C(F)(F)F)cc(C(F)(F)F)c2)C(=O)N2CCC[C@@H]2c2ccc(F)cc2)cc1)[C@H](NC(=S)Nc1cc(C(F)(F)F)cc(C(F)(F)F)c1)C(=O)N1CCC[C@@H]1c1ccc(F)cc1.C[N+](C)(C)C.[Cl-]. The number of thiocarbonyl (C=S) groups is 2. The lowest BCUT2D eigenvalue weighted by molar-refractivity contribution is -0.849. The summed E-state index contributed by atoms with van der Waals surface area (Å²) in [7, 11) is 8.50. The Kier molecular flexibility index (Phi) is 25.5. The monoisotopic (exact) mass is 1400 g/mol. The van der Waals surface area contributed by atoms with Crippen LogP contribution in [0.15, 0.2) is 109 Å². The maximum atomic E-state index is 14.6. The predicted octanol–water partition coefficient (Wildman–Crippen LogP) is 11.0. The van der Waals surface area contributed by atoms with Gasteiger partial charge in [0.05, 0.1) is 88.6 Å². The molecule has 0 aliphatic carbocycles. The van der Waals surface area contributed by atoms with E-state index < -0.39 is 152 Å². The number of benzene rings is 5. The predicted molar refractivity (Wildman–Crippen MR) is 327 cm³/mol. The lowest BCUT2D eigenvalue weighted by Gasteiger charge is -2.38. The van der Waals surface area contributed by atoms with Crippen LogP contribution in [0.1, 0.15) is 110 Å². The molecule has 514 valence electrons. The van der Waals surface area contributed by atoms with Crippen molar-refractivity contribution in [1.82, 2.24) is 20.4 Å². The van der Waals surface area contributed by atoms with E-state index in [1.165, 1.54) is 110 Å². The smallest absolute Gasteiger partial charge is 0.416 e. The van der Waals surface area contributed by atoms with E-state index in [-0.39, 0.29) is 50.5 Å². The molecule has 2 aliphatic heterocycles. The van der Waals surface area contributed by atoms with Crippen LogP contribution in [0.3, 0.4) is 0 Å². The van der Waals surface area contributed by atoms with Gasteiger partial charge in [-0.25, -0.2) is 8.78 Å². The molecule has 2 fully saturated rings. The third kappa shape index (κ3) is 22.4. The first-order chi connectivity index (χ1) is 42.9. The van der Waals surface area contributed by atoms with Gasteiger partial charge in [0.25, 0.3) is 0 Å². The second-order valence-electron chi connectivity index (χ2n) is 25.3. The fraction of sp³-hybridized carbons (Fsp3) is 0.438. The van der Waals surface area contributed by atoms with Crippen LogP contribution in [0.25, 0.3) is 0 Å². The number of ether oxygens (including phenoxy) is 2. The van der Waals surface area contributed by atoms with E-state index in [0.29, 0.717) is 72.2 Å². The minimum Gasteiger partial charge on any atom is -1.00 e. The molecule has 0 aromatic heterocycles. The average Bonchev–Trinajstić information content (AvgIpc) is 1.31. The molecule has 5 aromatic rings. The number of nitrogens with one attached hydrogen (secondary N) is 4. The van der Waals surface area contributed by atoms with Crippen LogP contribution in [0, 0.1) is 22.5 Å². The van der Waals surface area contributed by atoms with E-state index in [1.54, 1.807) is 0 Å². The van der Waals surface area contributed by atoms with E-state index >= 15 is 0 Å². The van der Waals surface area contributed by atoms with E-state index in [2.05, 4.69) is 49.5 Å². The van der Waals surface area contributed by atoms with Crippen LogP contribution in [0.4, 0.5) is 72.8 Å². The number of quaternary nitrogens is 1. The average molecular weight is 1400 g/mol. The number of hydrogen-bond donors (Lipinski definition) is 4. The van der Waals surface area contributed by atoms with Gasteiger partial charge in [-0.3, -0.25) is 19.2 Å². The van der Waals surface area contributed by atoms with Crippen molar-refractivity contribution in [2.24, 2.45) is 10.8 Å². The van der Waals surface area contributed by atoms with Crippen LogP contribution in [0.2, 0.25) is 0 Å². The number of nitrogens with zero attached hydrogens (tertiary/aromatic N) is 3. The third-order valence-electron chi connectivity index (χ3n) is 14.8. The van der Waals surface area contributed by atoms with Crippen LogP contribution in [0.5, 0.6) is 0 Å². The zero-order valence-electron chi connectivity index (χ0n) is 52.0. The number of likely N-dealkylation sites (tertiary alicyclic amines) is 2. The Hall–Kier alpha value is -7.37. The van der Waals surface area contributed by atoms with Crippen molar-refractivity contribution in [3.8, 4) is 0 Å². The standard InChI is InChI=1S/C60H58F14N6O6S2.C4H12N.ClH/c1-55(2,49(51(83)79-21-5-7-45(79)35-13-17-41(61)18-14-35)77-53(87)75-43-27-37(57(63,64)65)25-38(28-43)58(66,67)68)31-85-47(81)23-33-9-11-34(12-10-33)24-48(82)86-32-56(3,4)50(52(84)80-22-6-8-46(80)36-15-19-42(62)20-16-36)78-54(88)76-44-29-39(59(69,70)71)26-40(30-44)60(72,73)74;1-5(2,3)4;/h9-20,25-30,45-46,49-50H,5-8,21-24,31-32H2,1-4H3,(H2,75,77,87)(H2,76,78,88);1-4H3;1H/q;+1;/p-1/t45-,46-,49-,50-;;/m1../s1. The minimum absolute atomic E-state index is 0. The summed E-state index contributed by atoms with van der Waals surface area (Å²) in [5.41, 5.74) is -8.83. The summed E-state index contributed by atoms with van der Waals surface area (Å²) in [6.45, 7) is 5.41. The van der Waals surface area contributed by atoms with Gasteiger partial charge in [-0.1, -0.05) is 76.2 Å². The Bertz CT molecular complexity index is 3180. The normalized spacial score (nSPS) is 16.1. The van der Waals surface area contributed by atoms with Crippen molar-refractivity contribution in [3.63, 3.8) is 0 Å². The highest BCUT2D eigenvalue weighted by Crippen LogP contribution is 2.41. The highest BCUT2D eigenvalue weighted by atomic mass is 35.5. The second-order valence-corrected chi connectivity index (χ2v) is 26.1. The van der Waals surface area contributed by atoms with Crippen molar-refractivity contribution >= 4 is 69.8 Å². The fourth-order valence-electron chi connectivity index (χ4n) is 10.2. The third-order valence-corrected chi connectivity index (χ3v) is 15.3. The van der Waals surface area contributed by atoms with Crippen molar-refractivity contribution in [2.45, 2.75) is 115 Å². The zero-order valence-corrected chi connectivity index (χ0v) is 54.4. The highest BCUT2D eigenvalue weighted by molar-refractivity contribution is 7.80. The first-order valence-electron chi connectivity index (χ1n) is 28.9. The van der Waals surface area contributed by atoms with Crippen LogP contribution in [-0.2, 0) is 66.2 Å². The summed E-state index contributed by atoms with van der Waals surface area (Å²) < 4.78 is 205. The quantitative estimate of drug-likeness (QED) is 0.0287. The van der Waals surface area contributed by atoms with Gasteiger partial charge in [-0.2, -0.15) is 52.7 Å². The van der Waals surface area contributed by atoms with Crippen LogP contribution in [-0.4, -0.2) is 115 Å². The Morgan fingerprint density at radius 2 is 0.777 bits per heavy atom. The van der Waals surface area contributed by atoms with Gasteiger partial charge >= 0.3 is 36.6 Å². The number of esters is 2. The number of carbonyl (C=O) groups excluding carboxylic acids is 4. The van der Waals surface area contributed by atoms with Crippen LogP contribution < -0.4 is 33.7 Å². The van der Waals surface area contributed by atoms with E-state index in [4.69, 9.17) is 33.9 Å². The molecular formula is C64H70ClF14N7O6S2. The molecule has 0 spiro atoms. The highest BCUT2D eigenvalue weighted by Gasteiger charge is 2.46. The molecule has 2 saturated heterocycles. The molecule has 2 heterocycles. The van der Waals surface area contributed by atoms with Crippen molar-refractivity contribution < 1.29 is 107 Å². The molecule has 0 unspecified atom stereocenters. The molecule has 7 rings (SSSR count). The number of hydrogen-bond acceptors (Lipinski definition) is 8. The summed E-state index contributed by atoms with van der Waals surface area (Å²) in [5.74, 6) is -3.96. The zero-order chi connectivity index (χ0) is 69.4. The van der Waals surface area contributed by atoms with Gasteiger partial charge < -0.3 is 57.4 Å². The molecular weight excluding hydrogens is 1330 g/mol. The van der Waals surface area contributed by atoms with E-state index in [0.717, 1.165) is 4.48 Å². The first-order valence-corrected chi connectivity index (χ1v) is 29.7. The maximum absolute atomic E-state index is 14.6. The Balaban J connectivity index is 0.00000257. The molecule has 4 N–H and O–H groups in total.